The lowest BCUT2D eigenvalue weighted by Gasteiger charge is -1.95. The standard InChI is InChI=1S/C10H6N2O2S.H2O/c13-8-5-3-1-2-4-6(5)11-10-7(8)9(14)12-15-10;/h1-4H,(H,11,13)(H,12,14);1H2. The molecule has 3 aromatic rings. The van der Waals surface area contributed by atoms with Gasteiger partial charge in [0.15, 0.2) is 0 Å². The number of benzene rings is 1. The molecule has 0 saturated carbocycles. The lowest BCUT2D eigenvalue weighted by Crippen LogP contribution is -2.11. The molecule has 4 N–H and O–H groups in total. The van der Waals surface area contributed by atoms with Crippen LogP contribution in [-0.4, -0.2) is 14.8 Å². The van der Waals surface area contributed by atoms with Gasteiger partial charge in [0.1, 0.15) is 10.2 Å². The van der Waals surface area contributed by atoms with Crippen molar-refractivity contribution in [1.82, 2.24) is 9.36 Å². The molecular formula is C10H8N2O3S. The Kier molecular flexibility index (Phi) is 2.37. The van der Waals surface area contributed by atoms with Gasteiger partial charge in [-0.05, 0) is 23.7 Å². The van der Waals surface area contributed by atoms with Crippen LogP contribution in [0.2, 0.25) is 0 Å². The normalized spacial score (nSPS) is 10.5. The molecule has 16 heavy (non-hydrogen) atoms. The number of pyridine rings is 1. The molecule has 0 radical (unpaired) electrons. The third-order valence-corrected chi connectivity index (χ3v) is 3.14. The maximum absolute atomic E-state index is 11.9. The van der Waals surface area contributed by atoms with Crippen molar-refractivity contribution in [2.45, 2.75) is 0 Å². The zero-order valence-corrected chi connectivity index (χ0v) is 8.85. The van der Waals surface area contributed by atoms with Crippen molar-refractivity contribution in [2.24, 2.45) is 0 Å². The summed E-state index contributed by atoms with van der Waals surface area (Å²) in [5.74, 6) is 0. The van der Waals surface area contributed by atoms with Crippen molar-refractivity contribution in [3.63, 3.8) is 0 Å². The van der Waals surface area contributed by atoms with Crippen LogP contribution in [0.1, 0.15) is 0 Å². The lowest BCUT2D eigenvalue weighted by atomic mass is 10.2. The number of aromatic nitrogens is 2. The molecule has 2 heterocycles. The molecule has 0 saturated heterocycles. The number of H-pyrrole nitrogens is 2. The summed E-state index contributed by atoms with van der Waals surface area (Å²) in [4.78, 5) is 27.0. The first-order chi connectivity index (χ1) is 7.27. The molecule has 0 aliphatic carbocycles. The van der Waals surface area contributed by atoms with Crippen LogP contribution in [0.3, 0.4) is 0 Å². The minimum atomic E-state index is -0.318. The molecule has 0 amide bonds. The van der Waals surface area contributed by atoms with Crippen molar-refractivity contribution in [3.05, 3.63) is 44.8 Å². The summed E-state index contributed by atoms with van der Waals surface area (Å²) in [6, 6.07) is 7.16. The maximum atomic E-state index is 11.9. The van der Waals surface area contributed by atoms with Crippen molar-refractivity contribution < 1.29 is 5.48 Å². The highest BCUT2D eigenvalue weighted by Gasteiger charge is 2.09. The summed E-state index contributed by atoms with van der Waals surface area (Å²) in [5, 5.41) is 0.771. The van der Waals surface area contributed by atoms with Crippen LogP contribution in [0.25, 0.3) is 21.1 Å². The SMILES string of the molecule is O.O=c1[nH]sc2[nH]c3ccccc3c(=O)c12. The van der Waals surface area contributed by atoms with E-state index in [9.17, 15) is 9.59 Å². The molecule has 0 aliphatic rings. The molecule has 0 unspecified atom stereocenters. The van der Waals surface area contributed by atoms with Crippen molar-refractivity contribution in [2.75, 3.05) is 0 Å². The van der Waals surface area contributed by atoms with Gasteiger partial charge in [0, 0.05) is 5.39 Å². The number of para-hydroxylation sites is 1. The van der Waals surface area contributed by atoms with Gasteiger partial charge in [-0.25, -0.2) is 0 Å². The van der Waals surface area contributed by atoms with E-state index in [1.165, 1.54) is 0 Å². The van der Waals surface area contributed by atoms with Crippen molar-refractivity contribution >= 4 is 32.7 Å². The third-order valence-electron chi connectivity index (χ3n) is 2.35. The van der Waals surface area contributed by atoms with Gasteiger partial charge in [-0.2, -0.15) is 0 Å². The highest BCUT2D eigenvalue weighted by atomic mass is 32.1. The molecule has 0 bridgehead atoms. The Balaban J connectivity index is 0.000000963. The highest BCUT2D eigenvalue weighted by Crippen LogP contribution is 2.13. The van der Waals surface area contributed by atoms with Gasteiger partial charge >= 0.3 is 0 Å². The van der Waals surface area contributed by atoms with Crippen LogP contribution in [-0.2, 0) is 0 Å². The van der Waals surface area contributed by atoms with Gasteiger partial charge < -0.3 is 10.5 Å². The predicted molar refractivity (Wildman–Crippen MR) is 64.2 cm³/mol. The van der Waals surface area contributed by atoms with E-state index in [0.29, 0.717) is 10.2 Å². The molecule has 0 aliphatic heterocycles. The van der Waals surface area contributed by atoms with Crippen LogP contribution in [0.5, 0.6) is 0 Å². The van der Waals surface area contributed by atoms with Crippen molar-refractivity contribution in [3.8, 4) is 0 Å². The summed E-state index contributed by atoms with van der Waals surface area (Å²) in [7, 11) is 0. The number of fused-ring (bicyclic) bond motifs is 2. The van der Waals surface area contributed by atoms with Gasteiger partial charge in [-0.15, -0.1) is 0 Å². The van der Waals surface area contributed by atoms with Crippen molar-refractivity contribution in [1.29, 1.82) is 0 Å². The zero-order chi connectivity index (χ0) is 10.4. The second kappa shape index (κ2) is 3.58. The lowest BCUT2D eigenvalue weighted by molar-refractivity contribution is 0.824. The molecule has 0 fully saturated rings. The van der Waals surface area contributed by atoms with Gasteiger partial charge in [0.25, 0.3) is 5.56 Å². The average molecular weight is 236 g/mol. The van der Waals surface area contributed by atoms with E-state index in [1.807, 2.05) is 12.1 Å². The Morgan fingerprint density at radius 2 is 1.88 bits per heavy atom. The Labute approximate surface area is 92.8 Å². The largest absolute Gasteiger partial charge is 0.412 e. The van der Waals surface area contributed by atoms with Crippen LogP contribution in [0.15, 0.2) is 33.9 Å². The second-order valence-electron chi connectivity index (χ2n) is 3.24. The monoisotopic (exact) mass is 236 g/mol. The fourth-order valence-corrected chi connectivity index (χ4v) is 2.39. The smallest absolute Gasteiger partial charge is 0.271 e. The number of hydrogen-bond donors (Lipinski definition) is 2. The Hall–Kier alpha value is -1.92. The predicted octanol–water partition coefficient (Wildman–Crippen LogP) is 0.606. The highest BCUT2D eigenvalue weighted by molar-refractivity contribution is 7.12. The maximum Gasteiger partial charge on any atom is 0.271 e. The first kappa shape index (κ1) is 10.6. The van der Waals surface area contributed by atoms with E-state index in [-0.39, 0.29) is 21.9 Å². The molecule has 6 heteroatoms. The van der Waals surface area contributed by atoms with Gasteiger partial charge in [-0.1, -0.05) is 12.1 Å². The number of aromatic amines is 2. The summed E-state index contributed by atoms with van der Waals surface area (Å²) in [6.45, 7) is 0. The Bertz CT molecular complexity index is 769. The minimum absolute atomic E-state index is 0. The number of rotatable bonds is 0. The molecule has 2 aromatic heterocycles. The summed E-state index contributed by atoms with van der Waals surface area (Å²) < 4.78 is 2.55. The topological polar surface area (TPSA) is 97.2 Å². The average Bonchev–Trinajstić information content (AvgIpc) is 2.61. The molecule has 82 valence electrons. The fraction of sp³-hybridized carbons (Fsp3) is 0. The minimum Gasteiger partial charge on any atom is -0.412 e. The van der Waals surface area contributed by atoms with Gasteiger partial charge in [-0.3, -0.25) is 14.0 Å². The molecule has 1 aromatic carbocycles. The van der Waals surface area contributed by atoms with Gasteiger partial charge in [0.2, 0.25) is 5.43 Å². The van der Waals surface area contributed by atoms with E-state index in [4.69, 9.17) is 0 Å². The summed E-state index contributed by atoms with van der Waals surface area (Å²) in [6.07, 6.45) is 0. The number of hydrogen-bond acceptors (Lipinski definition) is 3. The van der Waals surface area contributed by atoms with E-state index >= 15 is 0 Å². The third kappa shape index (κ3) is 1.28. The van der Waals surface area contributed by atoms with Crippen LogP contribution in [0.4, 0.5) is 0 Å². The quantitative estimate of drug-likeness (QED) is 0.597. The van der Waals surface area contributed by atoms with Crippen LogP contribution < -0.4 is 11.0 Å². The Morgan fingerprint density at radius 3 is 2.69 bits per heavy atom. The van der Waals surface area contributed by atoms with Crippen LogP contribution >= 0.6 is 11.5 Å². The van der Waals surface area contributed by atoms with Crippen LogP contribution in [0, 0.1) is 0 Å². The van der Waals surface area contributed by atoms with E-state index in [1.54, 1.807) is 12.1 Å². The molecule has 0 spiro atoms. The van der Waals surface area contributed by atoms with E-state index in [2.05, 4.69) is 9.36 Å². The summed E-state index contributed by atoms with van der Waals surface area (Å²) >= 11 is 1.15. The first-order valence-electron chi connectivity index (χ1n) is 4.39. The Morgan fingerprint density at radius 1 is 1.12 bits per heavy atom. The second-order valence-corrected chi connectivity index (χ2v) is 4.05. The van der Waals surface area contributed by atoms with Gasteiger partial charge in [0.05, 0.1) is 5.52 Å². The fourth-order valence-electron chi connectivity index (χ4n) is 1.64. The molecule has 5 nitrogen and oxygen atoms in total. The zero-order valence-electron chi connectivity index (χ0n) is 8.03. The van der Waals surface area contributed by atoms with E-state index < -0.39 is 0 Å². The van der Waals surface area contributed by atoms with E-state index in [0.717, 1.165) is 17.0 Å². The first-order valence-corrected chi connectivity index (χ1v) is 5.21. The molecular weight excluding hydrogens is 228 g/mol. The molecule has 3 rings (SSSR count). The number of nitrogens with one attached hydrogen (secondary N) is 2. The summed E-state index contributed by atoms with van der Waals surface area (Å²) in [5.41, 5.74) is 0.231. The molecule has 0 atom stereocenters.